The Kier molecular flexibility index (Phi) is 7.46. The fourth-order valence-corrected chi connectivity index (χ4v) is 3.68. The molecule has 1 aliphatic heterocycles. The first kappa shape index (κ1) is 21.8. The summed E-state index contributed by atoms with van der Waals surface area (Å²) in [5, 5.41) is 6.10. The number of hydrogen-bond acceptors (Lipinski definition) is 3. The van der Waals surface area contributed by atoms with Crippen molar-refractivity contribution in [3.05, 3.63) is 64.7 Å². The molecule has 1 aliphatic rings. The van der Waals surface area contributed by atoms with Crippen LogP contribution in [0.4, 0.5) is 5.69 Å². The summed E-state index contributed by atoms with van der Waals surface area (Å²) in [4.78, 5) is 39.0. The molecule has 30 heavy (non-hydrogen) atoms. The molecule has 0 bridgehead atoms. The van der Waals surface area contributed by atoms with E-state index in [0.717, 1.165) is 6.42 Å². The Labute approximate surface area is 181 Å². The molecule has 0 spiro atoms. The number of piperidine rings is 1. The summed E-state index contributed by atoms with van der Waals surface area (Å²) in [6.45, 7) is 3.84. The number of rotatable bonds is 6. The first-order valence-corrected chi connectivity index (χ1v) is 10.6. The van der Waals surface area contributed by atoms with Crippen molar-refractivity contribution < 1.29 is 14.4 Å². The molecule has 0 radical (unpaired) electrons. The van der Waals surface area contributed by atoms with Gasteiger partial charge in [0.15, 0.2) is 0 Å². The molecule has 1 saturated heterocycles. The van der Waals surface area contributed by atoms with Crippen LogP contribution in [0.25, 0.3) is 0 Å². The number of likely N-dealkylation sites (tertiary alicyclic amines) is 1. The lowest BCUT2D eigenvalue weighted by Gasteiger charge is -2.31. The van der Waals surface area contributed by atoms with Gasteiger partial charge in [0.2, 0.25) is 5.91 Å². The first-order valence-electron chi connectivity index (χ1n) is 10.2. The minimum Gasteiger partial charge on any atom is -0.356 e. The Morgan fingerprint density at radius 3 is 2.33 bits per heavy atom. The quantitative estimate of drug-likeness (QED) is 0.732. The zero-order chi connectivity index (χ0) is 21.5. The molecule has 3 amide bonds. The molecule has 1 heterocycles. The van der Waals surface area contributed by atoms with Crippen LogP contribution in [0.3, 0.4) is 0 Å². The number of carbonyl (C=O) groups excluding carboxylic acids is 3. The fourth-order valence-electron chi connectivity index (χ4n) is 3.46. The molecule has 2 N–H and O–H groups in total. The highest BCUT2D eigenvalue weighted by Gasteiger charge is 2.27. The lowest BCUT2D eigenvalue weighted by atomic mass is 9.95. The van der Waals surface area contributed by atoms with Crippen molar-refractivity contribution in [3.8, 4) is 0 Å². The van der Waals surface area contributed by atoms with E-state index in [9.17, 15) is 14.4 Å². The van der Waals surface area contributed by atoms with Gasteiger partial charge in [0.25, 0.3) is 11.8 Å². The van der Waals surface area contributed by atoms with Crippen LogP contribution in [0, 0.1) is 5.92 Å². The Morgan fingerprint density at radius 2 is 1.70 bits per heavy atom. The predicted molar refractivity (Wildman–Crippen MR) is 118 cm³/mol. The summed E-state index contributed by atoms with van der Waals surface area (Å²) in [5.41, 5.74) is 1.53. The van der Waals surface area contributed by atoms with Gasteiger partial charge in [-0.25, -0.2) is 0 Å². The molecule has 3 rings (SSSR count). The molecule has 0 atom stereocenters. The zero-order valence-electron chi connectivity index (χ0n) is 17.0. The summed E-state index contributed by atoms with van der Waals surface area (Å²) >= 11 is 6.06. The number of halogens is 1. The van der Waals surface area contributed by atoms with E-state index >= 15 is 0 Å². The molecule has 2 aromatic rings. The largest absolute Gasteiger partial charge is 0.356 e. The second kappa shape index (κ2) is 10.3. The van der Waals surface area contributed by atoms with Crippen molar-refractivity contribution in [2.24, 2.45) is 5.92 Å². The van der Waals surface area contributed by atoms with Crippen LogP contribution in [-0.2, 0) is 4.79 Å². The molecule has 0 unspecified atom stereocenters. The van der Waals surface area contributed by atoms with Gasteiger partial charge < -0.3 is 15.5 Å². The van der Waals surface area contributed by atoms with Gasteiger partial charge in [0.05, 0.1) is 10.6 Å². The van der Waals surface area contributed by atoms with Crippen LogP contribution < -0.4 is 10.6 Å². The van der Waals surface area contributed by atoms with Crippen molar-refractivity contribution >= 4 is 35.0 Å². The van der Waals surface area contributed by atoms with Gasteiger partial charge in [-0.15, -0.1) is 0 Å². The molecule has 6 nitrogen and oxygen atoms in total. The van der Waals surface area contributed by atoms with E-state index in [0.29, 0.717) is 54.3 Å². The Balaban J connectivity index is 1.55. The molecule has 0 aliphatic carbocycles. The highest BCUT2D eigenvalue weighted by molar-refractivity contribution is 6.34. The monoisotopic (exact) mass is 427 g/mol. The zero-order valence-corrected chi connectivity index (χ0v) is 17.7. The highest BCUT2D eigenvalue weighted by atomic mass is 35.5. The van der Waals surface area contributed by atoms with Crippen LogP contribution >= 0.6 is 11.6 Å². The van der Waals surface area contributed by atoms with Gasteiger partial charge in [-0.05, 0) is 55.7 Å². The van der Waals surface area contributed by atoms with E-state index in [1.165, 1.54) is 0 Å². The summed E-state index contributed by atoms with van der Waals surface area (Å²) in [7, 11) is 0. The van der Waals surface area contributed by atoms with Gasteiger partial charge in [0, 0.05) is 36.8 Å². The molecular weight excluding hydrogens is 402 g/mol. The maximum atomic E-state index is 12.8. The highest BCUT2D eigenvalue weighted by Crippen LogP contribution is 2.21. The second-order valence-electron chi connectivity index (χ2n) is 7.37. The molecule has 1 fully saturated rings. The van der Waals surface area contributed by atoms with Crippen molar-refractivity contribution in [2.45, 2.75) is 26.2 Å². The van der Waals surface area contributed by atoms with Gasteiger partial charge in [0.1, 0.15) is 0 Å². The second-order valence-corrected chi connectivity index (χ2v) is 7.78. The number of hydrogen-bond donors (Lipinski definition) is 2. The van der Waals surface area contributed by atoms with Gasteiger partial charge >= 0.3 is 0 Å². The minimum absolute atomic E-state index is 0.0250. The molecular formula is C23H26ClN3O3. The standard InChI is InChI=1S/C23H26ClN3O3/c1-2-13-25-21(28)16-11-14-27(15-12-16)23(30)17-7-9-18(10-8-17)26-22(29)19-5-3-4-6-20(19)24/h3-10,16H,2,11-15H2,1H3,(H,25,28)(H,26,29). The fraction of sp³-hybridized carbons (Fsp3) is 0.348. The molecule has 0 aromatic heterocycles. The first-order chi connectivity index (χ1) is 14.5. The van der Waals surface area contributed by atoms with E-state index in [-0.39, 0.29) is 23.6 Å². The summed E-state index contributed by atoms with van der Waals surface area (Å²) in [5.74, 6) is -0.306. The number of nitrogens with zero attached hydrogens (tertiary/aromatic N) is 1. The van der Waals surface area contributed by atoms with E-state index < -0.39 is 0 Å². The SMILES string of the molecule is CCCNC(=O)C1CCN(C(=O)c2ccc(NC(=O)c3ccccc3Cl)cc2)CC1. The third-order valence-corrected chi connectivity index (χ3v) is 5.54. The summed E-state index contributed by atoms with van der Waals surface area (Å²) < 4.78 is 0. The van der Waals surface area contributed by atoms with Crippen LogP contribution in [-0.4, -0.2) is 42.3 Å². The van der Waals surface area contributed by atoms with Crippen LogP contribution in [0.1, 0.15) is 46.9 Å². The number of amides is 3. The number of benzene rings is 2. The summed E-state index contributed by atoms with van der Waals surface area (Å²) in [6.07, 6.45) is 2.26. The van der Waals surface area contributed by atoms with Crippen molar-refractivity contribution in [3.63, 3.8) is 0 Å². The van der Waals surface area contributed by atoms with E-state index in [1.807, 2.05) is 6.92 Å². The van der Waals surface area contributed by atoms with Crippen LogP contribution in [0.5, 0.6) is 0 Å². The van der Waals surface area contributed by atoms with E-state index in [2.05, 4.69) is 10.6 Å². The third kappa shape index (κ3) is 5.39. The number of anilines is 1. The van der Waals surface area contributed by atoms with Gasteiger partial charge in [-0.1, -0.05) is 30.7 Å². The maximum Gasteiger partial charge on any atom is 0.257 e. The summed E-state index contributed by atoms with van der Waals surface area (Å²) in [6, 6.07) is 13.6. The average molecular weight is 428 g/mol. The normalized spacial score (nSPS) is 14.3. The van der Waals surface area contributed by atoms with E-state index in [1.54, 1.807) is 53.4 Å². The Bertz CT molecular complexity index is 906. The number of carbonyl (C=O) groups is 3. The predicted octanol–water partition coefficient (Wildman–Crippen LogP) is 3.97. The van der Waals surface area contributed by atoms with Crippen LogP contribution in [0.2, 0.25) is 5.02 Å². The van der Waals surface area contributed by atoms with Crippen molar-refractivity contribution in [1.82, 2.24) is 10.2 Å². The van der Waals surface area contributed by atoms with Crippen LogP contribution in [0.15, 0.2) is 48.5 Å². The molecule has 2 aromatic carbocycles. The Hall–Kier alpha value is -2.86. The Morgan fingerprint density at radius 1 is 1.03 bits per heavy atom. The van der Waals surface area contributed by atoms with Crippen molar-refractivity contribution in [2.75, 3.05) is 25.0 Å². The molecule has 7 heteroatoms. The van der Waals surface area contributed by atoms with Gasteiger partial charge in [-0.2, -0.15) is 0 Å². The van der Waals surface area contributed by atoms with Gasteiger partial charge in [-0.3, -0.25) is 14.4 Å². The van der Waals surface area contributed by atoms with Crippen molar-refractivity contribution in [1.29, 1.82) is 0 Å². The molecule has 0 saturated carbocycles. The topological polar surface area (TPSA) is 78.5 Å². The lowest BCUT2D eigenvalue weighted by Crippen LogP contribution is -2.43. The lowest BCUT2D eigenvalue weighted by molar-refractivity contribution is -0.126. The minimum atomic E-state index is -0.303. The number of nitrogens with one attached hydrogen (secondary N) is 2. The average Bonchev–Trinajstić information content (AvgIpc) is 2.78. The third-order valence-electron chi connectivity index (χ3n) is 5.21. The van der Waals surface area contributed by atoms with E-state index in [4.69, 9.17) is 11.6 Å². The molecule has 158 valence electrons. The maximum absolute atomic E-state index is 12.8. The smallest absolute Gasteiger partial charge is 0.257 e.